The van der Waals surface area contributed by atoms with Gasteiger partial charge in [-0.15, -0.1) is 0 Å². The minimum Gasteiger partial charge on any atom is -0.390 e. The van der Waals surface area contributed by atoms with E-state index < -0.39 is 11.7 Å². The van der Waals surface area contributed by atoms with Crippen molar-refractivity contribution in [1.29, 1.82) is 0 Å². The average Bonchev–Trinajstić information content (AvgIpc) is 3.07. The smallest absolute Gasteiger partial charge is 0.0956 e. The van der Waals surface area contributed by atoms with E-state index in [-0.39, 0.29) is 12.0 Å². The fourth-order valence-corrected chi connectivity index (χ4v) is 3.58. The quantitative estimate of drug-likeness (QED) is 0.864. The van der Waals surface area contributed by atoms with E-state index in [1.807, 2.05) is 32.4 Å². The Bertz CT molecular complexity index is 662. The van der Waals surface area contributed by atoms with Crippen LogP contribution >= 0.6 is 0 Å². The van der Waals surface area contributed by atoms with Gasteiger partial charge in [0.15, 0.2) is 0 Å². The van der Waals surface area contributed by atoms with Crippen molar-refractivity contribution in [1.82, 2.24) is 9.55 Å². The third kappa shape index (κ3) is 1.46. The standard InChI is InChI=1S/C16H18N2O2/c1-16(2)15(19)12(8-20-16)14-11-6-4-3-5-10(11)13-7-17-9-18(13)14/h3-7,9,12,14-15,19H,8H2,1-2H3/t12?,14-,15?/m0/s1. The molecule has 20 heavy (non-hydrogen) atoms. The fraction of sp³-hybridized carbons (Fsp3) is 0.438. The molecule has 4 heteroatoms. The predicted octanol–water partition coefficient (Wildman–Crippen LogP) is 2.24. The molecule has 1 aromatic heterocycles. The number of aliphatic hydroxyl groups is 1. The largest absolute Gasteiger partial charge is 0.390 e. The van der Waals surface area contributed by atoms with Crippen LogP contribution in [0.1, 0.15) is 25.5 Å². The molecule has 0 amide bonds. The molecule has 0 aliphatic carbocycles. The molecule has 4 rings (SSSR count). The van der Waals surface area contributed by atoms with E-state index in [0.717, 1.165) is 5.69 Å². The predicted molar refractivity (Wildman–Crippen MR) is 75.3 cm³/mol. The molecule has 0 radical (unpaired) electrons. The van der Waals surface area contributed by atoms with Crippen molar-refractivity contribution in [3.8, 4) is 11.3 Å². The summed E-state index contributed by atoms with van der Waals surface area (Å²) >= 11 is 0. The summed E-state index contributed by atoms with van der Waals surface area (Å²) in [5.41, 5.74) is 3.12. The van der Waals surface area contributed by atoms with Gasteiger partial charge in [0.1, 0.15) is 0 Å². The van der Waals surface area contributed by atoms with Crippen LogP contribution < -0.4 is 0 Å². The number of fused-ring (bicyclic) bond motifs is 3. The zero-order valence-electron chi connectivity index (χ0n) is 11.7. The Morgan fingerprint density at radius 2 is 2.15 bits per heavy atom. The molecule has 2 aliphatic rings. The van der Waals surface area contributed by atoms with E-state index >= 15 is 0 Å². The molecule has 1 fully saturated rings. The van der Waals surface area contributed by atoms with Gasteiger partial charge in [0.25, 0.3) is 0 Å². The Hall–Kier alpha value is -1.65. The van der Waals surface area contributed by atoms with Crippen molar-refractivity contribution >= 4 is 0 Å². The van der Waals surface area contributed by atoms with Crippen molar-refractivity contribution in [3.63, 3.8) is 0 Å². The van der Waals surface area contributed by atoms with Crippen molar-refractivity contribution in [2.75, 3.05) is 6.61 Å². The minimum atomic E-state index is -0.483. The maximum atomic E-state index is 10.6. The number of aliphatic hydroxyl groups excluding tert-OH is 1. The molecule has 2 unspecified atom stereocenters. The third-order valence-corrected chi connectivity index (χ3v) is 4.69. The number of nitrogens with zero attached hydrogens (tertiary/aromatic N) is 2. The maximum Gasteiger partial charge on any atom is 0.0956 e. The zero-order chi connectivity index (χ0) is 13.9. The van der Waals surface area contributed by atoms with Gasteiger partial charge in [-0.3, -0.25) is 0 Å². The van der Waals surface area contributed by atoms with Gasteiger partial charge in [0, 0.05) is 11.5 Å². The summed E-state index contributed by atoms with van der Waals surface area (Å²) in [7, 11) is 0. The normalized spacial score (nSPS) is 30.2. The lowest BCUT2D eigenvalue weighted by Crippen LogP contribution is -2.38. The third-order valence-electron chi connectivity index (χ3n) is 4.69. The number of imidazole rings is 1. The summed E-state index contributed by atoms with van der Waals surface area (Å²) in [5, 5.41) is 10.6. The highest BCUT2D eigenvalue weighted by Gasteiger charge is 2.48. The highest BCUT2D eigenvalue weighted by molar-refractivity contribution is 5.69. The summed E-state index contributed by atoms with van der Waals surface area (Å²) in [6, 6.07) is 8.48. The fourth-order valence-electron chi connectivity index (χ4n) is 3.58. The van der Waals surface area contributed by atoms with E-state index in [1.54, 1.807) is 0 Å². The molecule has 104 valence electrons. The Kier molecular flexibility index (Phi) is 2.38. The molecule has 1 aromatic carbocycles. The van der Waals surface area contributed by atoms with Crippen LogP contribution in [0.4, 0.5) is 0 Å². The number of ether oxygens (including phenoxy) is 1. The molecule has 3 heterocycles. The van der Waals surface area contributed by atoms with Gasteiger partial charge >= 0.3 is 0 Å². The first-order valence-corrected chi connectivity index (χ1v) is 7.03. The Labute approximate surface area is 118 Å². The number of hydrogen-bond donors (Lipinski definition) is 1. The van der Waals surface area contributed by atoms with Crippen molar-refractivity contribution < 1.29 is 9.84 Å². The Morgan fingerprint density at radius 1 is 1.35 bits per heavy atom. The van der Waals surface area contributed by atoms with Crippen LogP contribution in [-0.2, 0) is 4.74 Å². The lowest BCUT2D eigenvalue weighted by atomic mass is 9.85. The molecule has 0 spiro atoms. The average molecular weight is 270 g/mol. The van der Waals surface area contributed by atoms with Gasteiger partial charge < -0.3 is 14.4 Å². The van der Waals surface area contributed by atoms with Crippen LogP contribution in [0.5, 0.6) is 0 Å². The molecule has 0 saturated carbocycles. The van der Waals surface area contributed by atoms with Crippen LogP contribution in [0.2, 0.25) is 0 Å². The molecule has 1 N–H and O–H groups in total. The second kappa shape index (κ2) is 3.93. The van der Waals surface area contributed by atoms with Gasteiger partial charge in [0.05, 0.1) is 42.6 Å². The van der Waals surface area contributed by atoms with Crippen LogP contribution in [-0.4, -0.2) is 33.0 Å². The van der Waals surface area contributed by atoms with E-state index in [1.165, 1.54) is 11.1 Å². The monoisotopic (exact) mass is 270 g/mol. The minimum absolute atomic E-state index is 0.0570. The Balaban J connectivity index is 1.84. The van der Waals surface area contributed by atoms with Gasteiger partial charge in [-0.25, -0.2) is 4.98 Å². The number of benzene rings is 1. The number of rotatable bonds is 1. The maximum absolute atomic E-state index is 10.6. The van der Waals surface area contributed by atoms with E-state index in [2.05, 4.69) is 27.8 Å². The first-order valence-electron chi connectivity index (χ1n) is 7.03. The van der Waals surface area contributed by atoms with Crippen LogP contribution in [0.3, 0.4) is 0 Å². The van der Waals surface area contributed by atoms with Crippen LogP contribution in [0.25, 0.3) is 11.3 Å². The van der Waals surface area contributed by atoms with Crippen molar-refractivity contribution in [2.45, 2.75) is 31.6 Å². The van der Waals surface area contributed by atoms with E-state index in [4.69, 9.17) is 4.74 Å². The molecule has 2 aromatic rings. The molecular formula is C16H18N2O2. The van der Waals surface area contributed by atoms with Crippen molar-refractivity contribution in [3.05, 3.63) is 42.4 Å². The van der Waals surface area contributed by atoms with E-state index in [0.29, 0.717) is 6.61 Å². The molecule has 4 nitrogen and oxygen atoms in total. The molecular weight excluding hydrogens is 252 g/mol. The summed E-state index contributed by atoms with van der Waals surface area (Å²) in [6.45, 7) is 4.48. The number of aromatic nitrogens is 2. The summed E-state index contributed by atoms with van der Waals surface area (Å²) in [5.74, 6) is 0.0570. The zero-order valence-corrected chi connectivity index (χ0v) is 11.7. The summed E-state index contributed by atoms with van der Waals surface area (Å²) in [4.78, 5) is 4.27. The molecule has 1 saturated heterocycles. The number of hydrogen-bond acceptors (Lipinski definition) is 3. The highest BCUT2D eigenvalue weighted by atomic mass is 16.5. The van der Waals surface area contributed by atoms with Gasteiger partial charge in [0.2, 0.25) is 0 Å². The molecule has 3 atom stereocenters. The SMILES string of the molecule is CC1(C)OCC([C@@H]2c3ccccc3-c3cncn32)C1O. The highest BCUT2D eigenvalue weighted by Crippen LogP contribution is 2.47. The topological polar surface area (TPSA) is 47.3 Å². The summed E-state index contributed by atoms with van der Waals surface area (Å²) < 4.78 is 7.97. The summed E-state index contributed by atoms with van der Waals surface area (Å²) in [6.07, 6.45) is 3.28. The molecule has 0 bridgehead atoms. The lowest BCUT2D eigenvalue weighted by molar-refractivity contribution is -0.0321. The lowest BCUT2D eigenvalue weighted by Gasteiger charge is -2.28. The van der Waals surface area contributed by atoms with Gasteiger partial charge in [-0.05, 0) is 19.4 Å². The Morgan fingerprint density at radius 3 is 2.90 bits per heavy atom. The second-order valence-corrected chi connectivity index (χ2v) is 6.24. The van der Waals surface area contributed by atoms with Gasteiger partial charge in [-0.1, -0.05) is 24.3 Å². The van der Waals surface area contributed by atoms with Crippen molar-refractivity contribution in [2.24, 2.45) is 5.92 Å². The first kappa shape index (κ1) is 12.1. The molecule has 2 aliphatic heterocycles. The van der Waals surface area contributed by atoms with E-state index in [9.17, 15) is 5.11 Å². The first-order chi connectivity index (χ1) is 9.59. The van der Waals surface area contributed by atoms with Crippen LogP contribution in [0.15, 0.2) is 36.8 Å². The second-order valence-electron chi connectivity index (χ2n) is 6.24. The van der Waals surface area contributed by atoms with Crippen LogP contribution in [0, 0.1) is 5.92 Å². The van der Waals surface area contributed by atoms with Gasteiger partial charge in [-0.2, -0.15) is 0 Å².